The fourth-order valence-corrected chi connectivity index (χ4v) is 8.01. The molecule has 3 aliphatic rings. The van der Waals surface area contributed by atoms with Crippen molar-refractivity contribution in [2.45, 2.75) is 47.2 Å². The van der Waals surface area contributed by atoms with E-state index in [0.717, 1.165) is 24.3 Å². The molecule has 3 aromatic rings. The van der Waals surface area contributed by atoms with Gasteiger partial charge in [0.05, 0.1) is 20.8 Å². The maximum absolute atomic E-state index is 13.6. The molecule has 0 saturated heterocycles. The van der Waals surface area contributed by atoms with E-state index >= 15 is 0 Å². The number of hydrogen-bond donors (Lipinski definition) is 4. The lowest BCUT2D eigenvalue weighted by Gasteiger charge is -2.60. The highest BCUT2D eigenvalue weighted by Crippen LogP contribution is 2.58. The molecule has 4 atom stereocenters. The smallest absolute Gasteiger partial charge is 0.255 e. The minimum absolute atomic E-state index is 0.00360. The van der Waals surface area contributed by atoms with Crippen LogP contribution in [0.5, 0.6) is 0 Å². The summed E-state index contributed by atoms with van der Waals surface area (Å²) in [6, 6.07) is 8.02. The lowest BCUT2D eigenvalue weighted by molar-refractivity contribution is -0.253. The summed E-state index contributed by atoms with van der Waals surface area (Å²) in [5.74, 6) is -4.29. The highest BCUT2D eigenvalue weighted by Gasteiger charge is 2.64. The van der Waals surface area contributed by atoms with Crippen LogP contribution in [0.2, 0.25) is 5.02 Å². The largest absolute Gasteiger partial charge is 0.387 e. The van der Waals surface area contributed by atoms with Crippen molar-refractivity contribution >= 4 is 33.0 Å². The third-order valence-corrected chi connectivity index (χ3v) is 10.4. The molecule has 1 amide bonds. The number of rotatable bonds is 7. The molecule has 2 aromatic carbocycles. The van der Waals surface area contributed by atoms with E-state index in [2.05, 4.69) is 15.3 Å². The predicted molar refractivity (Wildman–Crippen MR) is 136 cm³/mol. The van der Waals surface area contributed by atoms with Crippen LogP contribution in [0.15, 0.2) is 59.8 Å². The summed E-state index contributed by atoms with van der Waals surface area (Å²) in [4.78, 5) is 20.3. The zero-order valence-electron chi connectivity index (χ0n) is 20.2. The number of aliphatic hydroxyl groups excluding tert-OH is 2. The van der Waals surface area contributed by atoms with Crippen LogP contribution in [0.25, 0.3) is 0 Å². The van der Waals surface area contributed by atoms with Gasteiger partial charge in [-0.05, 0) is 67.5 Å². The first-order valence-corrected chi connectivity index (χ1v) is 14.0. The van der Waals surface area contributed by atoms with E-state index in [0.29, 0.717) is 6.42 Å². The normalized spacial score (nSPS) is 25.8. The maximum Gasteiger partial charge on any atom is 0.255 e. The Morgan fingerprint density at radius 3 is 2.33 bits per heavy atom. The van der Waals surface area contributed by atoms with Gasteiger partial charge in [-0.15, -0.1) is 0 Å². The lowest BCUT2D eigenvalue weighted by atomic mass is 9.51. The quantitative estimate of drug-likeness (QED) is 0.334. The molecule has 4 N–H and O–H groups in total. The molecule has 1 aromatic heterocycles. The van der Waals surface area contributed by atoms with Crippen molar-refractivity contribution in [3.05, 3.63) is 82.9 Å². The SMILES string of the molecule is O=C(Nc1ccc(F)c(F)c1)c1ccc(Cl)c(S(=O)(=O)C2CC3CC(C2)C3(O)C(O)C(O)c2ncccn2)c1. The summed E-state index contributed by atoms with van der Waals surface area (Å²) < 4.78 is 53.9. The molecule has 3 fully saturated rings. The van der Waals surface area contributed by atoms with Gasteiger partial charge < -0.3 is 20.6 Å². The molecule has 13 heteroatoms. The van der Waals surface area contributed by atoms with Crippen LogP contribution in [0.4, 0.5) is 14.5 Å². The van der Waals surface area contributed by atoms with Gasteiger partial charge >= 0.3 is 0 Å². The Hall–Kier alpha value is -3.03. The average molecular weight is 580 g/mol. The van der Waals surface area contributed by atoms with Crippen molar-refractivity contribution < 1.29 is 37.3 Å². The maximum atomic E-state index is 13.6. The number of nitrogens with zero attached hydrogens (tertiary/aromatic N) is 2. The van der Waals surface area contributed by atoms with E-state index in [9.17, 15) is 37.3 Å². The highest BCUT2D eigenvalue weighted by molar-refractivity contribution is 7.92. The second kappa shape index (κ2) is 10.2. The Labute approximate surface area is 227 Å². The number of amides is 1. The summed E-state index contributed by atoms with van der Waals surface area (Å²) >= 11 is 6.23. The van der Waals surface area contributed by atoms with Gasteiger partial charge in [0, 0.05) is 29.7 Å². The fraction of sp³-hybridized carbons (Fsp3) is 0.346. The van der Waals surface area contributed by atoms with Crippen LogP contribution in [-0.2, 0) is 9.84 Å². The minimum atomic E-state index is -4.09. The molecular formula is C26H24ClF2N3O6S. The summed E-state index contributed by atoms with van der Waals surface area (Å²) in [7, 11) is -4.09. The molecule has 0 radical (unpaired) electrons. The van der Waals surface area contributed by atoms with E-state index in [4.69, 9.17) is 11.6 Å². The van der Waals surface area contributed by atoms with Crippen LogP contribution >= 0.6 is 11.6 Å². The Kier molecular flexibility index (Phi) is 7.18. The molecular weight excluding hydrogens is 556 g/mol. The summed E-state index contributed by atoms with van der Waals surface area (Å²) in [5.41, 5.74) is -1.81. The summed E-state index contributed by atoms with van der Waals surface area (Å²) in [6.45, 7) is 0. The van der Waals surface area contributed by atoms with Crippen molar-refractivity contribution in [1.82, 2.24) is 9.97 Å². The second-order valence-corrected chi connectivity index (χ2v) is 12.5. The third-order valence-electron chi connectivity index (χ3n) is 7.71. The second-order valence-electron chi connectivity index (χ2n) is 9.88. The van der Waals surface area contributed by atoms with Gasteiger partial charge in [-0.3, -0.25) is 4.79 Å². The number of aliphatic hydroxyl groups is 3. The summed E-state index contributed by atoms with van der Waals surface area (Å²) in [5, 5.41) is 34.0. The van der Waals surface area contributed by atoms with E-state index in [1.165, 1.54) is 30.6 Å². The molecule has 1 heterocycles. The number of aromatic nitrogens is 2. The number of carbonyl (C=O) groups is 1. The van der Waals surface area contributed by atoms with Crippen LogP contribution < -0.4 is 5.32 Å². The molecule has 6 rings (SSSR count). The van der Waals surface area contributed by atoms with Crippen molar-refractivity contribution in [3.8, 4) is 0 Å². The first kappa shape index (κ1) is 27.5. The van der Waals surface area contributed by atoms with Gasteiger partial charge in [0.2, 0.25) is 0 Å². The summed E-state index contributed by atoms with van der Waals surface area (Å²) in [6.07, 6.45) is 0.0534. The first-order chi connectivity index (χ1) is 18.4. The van der Waals surface area contributed by atoms with Gasteiger partial charge in [0.15, 0.2) is 27.3 Å². The monoisotopic (exact) mass is 579 g/mol. The standard InChI is InChI=1S/C26H24ClF2N3O6S/c27-18-4-2-13(25(35)32-16-3-5-19(28)20(29)12-16)8-21(18)39(37,38)17-10-14-9-15(11-17)26(14,36)23(34)22(33)24-30-6-1-7-31-24/h1-8,12,14-15,17,22-23,33-34,36H,9-11H2,(H,32,35). The Balaban J connectivity index is 1.34. The average Bonchev–Trinajstić information content (AvgIpc) is 2.94. The van der Waals surface area contributed by atoms with Crippen LogP contribution in [-0.4, -0.2) is 56.6 Å². The van der Waals surface area contributed by atoms with Gasteiger partial charge in [0.1, 0.15) is 12.2 Å². The molecule has 3 aliphatic carbocycles. The zero-order valence-corrected chi connectivity index (χ0v) is 21.8. The number of anilines is 1. The van der Waals surface area contributed by atoms with E-state index in [-0.39, 0.29) is 39.8 Å². The molecule has 2 bridgehead atoms. The number of nitrogens with one attached hydrogen (secondary N) is 1. The van der Waals surface area contributed by atoms with Crippen molar-refractivity contribution in [3.63, 3.8) is 0 Å². The van der Waals surface area contributed by atoms with Crippen LogP contribution in [0, 0.1) is 23.5 Å². The number of fused-ring (bicyclic) bond motifs is 2. The van der Waals surface area contributed by atoms with E-state index < -0.39 is 62.3 Å². The van der Waals surface area contributed by atoms with Crippen molar-refractivity contribution in [2.75, 3.05) is 5.32 Å². The molecule has 206 valence electrons. The Morgan fingerprint density at radius 2 is 1.69 bits per heavy atom. The van der Waals surface area contributed by atoms with E-state index in [1.54, 1.807) is 0 Å². The van der Waals surface area contributed by atoms with E-state index in [1.807, 2.05) is 0 Å². The minimum Gasteiger partial charge on any atom is -0.387 e. The number of benzene rings is 2. The van der Waals surface area contributed by atoms with Gasteiger partial charge in [0.25, 0.3) is 5.91 Å². The van der Waals surface area contributed by atoms with Gasteiger partial charge in [-0.25, -0.2) is 27.2 Å². The molecule has 0 aliphatic heterocycles. The van der Waals surface area contributed by atoms with Gasteiger partial charge in [-0.2, -0.15) is 0 Å². The Bertz CT molecular complexity index is 1520. The number of halogens is 3. The van der Waals surface area contributed by atoms with Crippen molar-refractivity contribution in [2.24, 2.45) is 11.8 Å². The Morgan fingerprint density at radius 1 is 1.03 bits per heavy atom. The van der Waals surface area contributed by atoms with Gasteiger partial charge in [-0.1, -0.05) is 11.6 Å². The van der Waals surface area contributed by atoms with Crippen LogP contribution in [0.1, 0.15) is 41.5 Å². The zero-order chi connectivity index (χ0) is 28.1. The molecule has 4 unspecified atom stereocenters. The fourth-order valence-electron chi connectivity index (χ4n) is 5.61. The molecule has 3 saturated carbocycles. The van der Waals surface area contributed by atoms with Crippen molar-refractivity contribution in [1.29, 1.82) is 0 Å². The first-order valence-electron chi connectivity index (χ1n) is 12.1. The number of hydrogen-bond acceptors (Lipinski definition) is 8. The lowest BCUT2D eigenvalue weighted by Crippen LogP contribution is -2.68. The predicted octanol–water partition coefficient (Wildman–Crippen LogP) is 3.06. The third kappa shape index (κ3) is 4.80. The topological polar surface area (TPSA) is 150 Å². The van der Waals surface area contributed by atoms with Crippen LogP contribution in [0.3, 0.4) is 0 Å². The molecule has 0 spiro atoms. The number of sulfone groups is 1. The highest BCUT2D eigenvalue weighted by atomic mass is 35.5. The molecule has 9 nitrogen and oxygen atoms in total. The molecule has 39 heavy (non-hydrogen) atoms. The number of carbonyl (C=O) groups excluding carboxylic acids is 1.